The van der Waals surface area contributed by atoms with Crippen LogP contribution in [0.5, 0.6) is 0 Å². The second-order valence-corrected chi connectivity index (χ2v) is 7.89. The highest BCUT2D eigenvalue weighted by molar-refractivity contribution is 6.17. The highest BCUT2D eigenvalue weighted by Crippen LogP contribution is 2.20. The van der Waals surface area contributed by atoms with E-state index in [1.165, 1.54) is 36.1 Å². The zero-order valence-electron chi connectivity index (χ0n) is 19.0. The molecule has 0 heterocycles. The number of anilines is 1. The molecular weight excluding hydrogens is 459 g/mol. The van der Waals surface area contributed by atoms with Crippen LogP contribution in [0.2, 0.25) is 0 Å². The second kappa shape index (κ2) is 11.4. The molecule has 3 aromatic rings. The van der Waals surface area contributed by atoms with Crippen LogP contribution in [0.4, 0.5) is 18.9 Å². The van der Waals surface area contributed by atoms with E-state index < -0.39 is 54.2 Å². The van der Waals surface area contributed by atoms with Gasteiger partial charge in [0, 0.05) is 12.6 Å². The van der Waals surface area contributed by atoms with E-state index in [9.17, 15) is 27.6 Å². The topological polar surface area (TPSA) is 83.7 Å². The monoisotopic (exact) mass is 483 g/mol. The van der Waals surface area contributed by atoms with E-state index in [1.807, 2.05) is 0 Å². The van der Waals surface area contributed by atoms with Gasteiger partial charge in [0.05, 0.1) is 18.7 Å². The normalized spacial score (nSPS) is 11.6. The van der Waals surface area contributed by atoms with Crippen LogP contribution >= 0.6 is 0 Å². The standard InChI is InChI=1S/C26H24F3N3O3/c1-17(26(35)32(25(34)15-30)23-5-3-2-4-6-23)31(16-18-7-9-20(27)10-8-18)24(33)13-19-11-21(28)14-22(29)12-19/h2-12,14,17H,13,15-16,30H2,1H3/t17-/m0/s1. The van der Waals surface area contributed by atoms with Crippen molar-refractivity contribution in [1.29, 1.82) is 0 Å². The summed E-state index contributed by atoms with van der Waals surface area (Å²) < 4.78 is 40.7. The van der Waals surface area contributed by atoms with Gasteiger partial charge in [-0.25, -0.2) is 18.1 Å². The maximum absolute atomic E-state index is 13.7. The Hall–Kier alpha value is -3.98. The number of halogens is 3. The van der Waals surface area contributed by atoms with Crippen molar-refractivity contribution >= 4 is 23.4 Å². The summed E-state index contributed by atoms with van der Waals surface area (Å²) in [6.45, 7) is 0.890. The average Bonchev–Trinajstić information content (AvgIpc) is 2.83. The molecule has 1 atom stereocenters. The number of rotatable bonds is 8. The minimum absolute atomic E-state index is 0.0780. The van der Waals surface area contributed by atoms with Crippen LogP contribution in [0, 0.1) is 17.5 Å². The van der Waals surface area contributed by atoms with Crippen LogP contribution in [0.15, 0.2) is 72.8 Å². The molecule has 3 amide bonds. The Labute approximate surface area is 200 Å². The number of nitrogens with two attached hydrogens (primary N) is 1. The summed E-state index contributed by atoms with van der Waals surface area (Å²) in [5.41, 5.74) is 6.39. The largest absolute Gasteiger partial charge is 0.326 e. The van der Waals surface area contributed by atoms with Crippen molar-refractivity contribution in [2.75, 3.05) is 11.4 Å². The van der Waals surface area contributed by atoms with Crippen LogP contribution in [0.1, 0.15) is 18.1 Å². The molecule has 6 nitrogen and oxygen atoms in total. The number of hydrogen-bond donors (Lipinski definition) is 1. The molecule has 182 valence electrons. The van der Waals surface area contributed by atoms with Gasteiger partial charge in [0.2, 0.25) is 11.8 Å². The van der Waals surface area contributed by atoms with Crippen molar-refractivity contribution in [1.82, 2.24) is 4.90 Å². The van der Waals surface area contributed by atoms with E-state index in [1.54, 1.807) is 30.3 Å². The molecule has 3 rings (SSSR count). The Bertz CT molecular complexity index is 1180. The molecule has 0 bridgehead atoms. The number of benzene rings is 3. The van der Waals surface area contributed by atoms with Gasteiger partial charge in [-0.3, -0.25) is 14.4 Å². The van der Waals surface area contributed by atoms with Crippen LogP contribution in [0.3, 0.4) is 0 Å². The minimum atomic E-state index is -1.17. The van der Waals surface area contributed by atoms with E-state index in [4.69, 9.17) is 5.73 Å². The summed E-state index contributed by atoms with van der Waals surface area (Å²) in [5.74, 6) is -4.17. The SMILES string of the molecule is C[C@@H](C(=O)N(C(=O)CN)c1ccccc1)N(Cc1ccc(F)cc1)C(=O)Cc1cc(F)cc(F)c1. The van der Waals surface area contributed by atoms with Gasteiger partial charge in [0.25, 0.3) is 5.91 Å². The van der Waals surface area contributed by atoms with Gasteiger partial charge < -0.3 is 10.6 Å². The van der Waals surface area contributed by atoms with Gasteiger partial charge in [0.1, 0.15) is 23.5 Å². The molecule has 0 unspecified atom stereocenters. The molecular formula is C26H24F3N3O3. The lowest BCUT2D eigenvalue weighted by Gasteiger charge is -2.32. The molecule has 0 radical (unpaired) electrons. The molecule has 0 aliphatic carbocycles. The van der Waals surface area contributed by atoms with Crippen molar-refractivity contribution in [3.05, 3.63) is 101 Å². The maximum Gasteiger partial charge on any atom is 0.256 e. The number of nitrogens with zero attached hydrogens (tertiary/aromatic N) is 2. The van der Waals surface area contributed by atoms with Crippen molar-refractivity contribution in [3.63, 3.8) is 0 Å². The van der Waals surface area contributed by atoms with Crippen molar-refractivity contribution in [3.8, 4) is 0 Å². The van der Waals surface area contributed by atoms with Gasteiger partial charge in [-0.2, -0.15) is 0 Å². The number of carbonyl (C=O) groups is 3. The molecule has 0 aliphatic heterocycles. The van der Waals surface area contributed by atoms with Crippen molar-refractivity contribution < 1.29 is 27.6 Å². The summed E-state index contributed by atoms with van der Waals surface area (Å²) in [6.07, 6.45) is -0.399. The van der Waals surface area contributed by atoms with Gasteiger partial charge in [-0.1, -0.05) is 30.3 Å². The third kappa shape index (κ3) is 6.54. The van der Waals surface area contributed by atoms with Crippen LogP contribution in [-0.2, 0) is 27.3 Å². The summed E-state index contributed by atoms with van der Waals surface area (Å²) in [7, 11) is 0. The van der Waals surface area contributed by atoms with E-state index in [0.717, 1.165) is 17.0 Å². The molecule has 0 saturated heterocycles. The third-order valence-corrected chi connectivity index (χ3v) is 5.35. The Morgan fingerprint density at radius 2 is 1.40 bits per heavy atom. The fraction of sp³-hybridized carbons (Fsp3) is 0.192. The third-order valence-electron chi connectivity index (χ3n) is 5.35. The Morgan fingerprint density at radius 3 is 1.97 bits per heavy atom. The lowest BCUT2D eigenvalue weighted by molar-refractivity contribution is -0.140. The number of para-hydroxylation sites is 1. The summed E-state index contributed by atoms with van der Waals surface area (Å²) in [6, 6.07) is 15.0. The lowest BCUT2D eigenvalue weighted by Crippen LogP contribution is -2.52. The Morgan fingerprint density at radius 1 is 0.800 bits per heavy atom. The summed E-state index contributed by atoms with van der Waals surface area (Å²) in [4.78, 5) is 41.4. The molecule has 0 aliphatic rings. The first-order valence-corrected chi connectivity index (χ1v) is 10.8. The first kappa shape index (κ1) is 25.6. The van der Waals surface area contributed by atoms with E-state index >= 15 is 0 Å². The average molecular weight is 483 g/mol. The number of imide groups is 1. The second-order valence-electron chi connectivity index (χ2n) is 7.89. The summed E-state index contributed by atoms with van der Waals surface area (Å²) in [5, 5.41) is 0. The number of amides is 3. The Balaban J connectivity index is 1.95. The highest BCUT2D eigenvalue weighted by atomic mass is 19.1. The molecule has 35 heavy (non-hydrogen) atoms. The quantitative estimate of drug-likeness (QED) is 0.531. The van der Waals surface area contributed by atoms with Gasteiger partial charge in [-0.15, -0.1) is 0 Å². The first-order chi connectivity index (χ1) is 16.7. The fourth-order valence-corrected chi connectivity index (χ4v) is 3.60. The molecule has 0 fully saturated rings. The molecule has 3 aromatic carbocycles. The van der Waals surface area contributed by atoms with Crippen LogP contribution in [0.25, 0.3) is 0 Å². The number of hydrogen-bond acceptors (Lipinski definition) is 4. The van der Waals surface area contributed by atoms with Gasteiger partial charge in [0.15, 0.2) is 0 Å². The molecule has 0 aromatic heterocycles. The van der Waals surface area contributed by atoms with Crippen LogP contribution < -0.4 is 10.6 Å². The highest BCUT2D eigenvalue weighted by Gasteiger charge is 2.33. The van der Waals surface area contributed by atoms with Gasteiger partial charge >= 0.3 is 0 Å². The zero-order chi connectivity index (χ0) is 25.5. The van der Waals surface area contributed by atoms with Crippen molar-refractivity contribution in [2.45, 2.75) is 25.9 Å². The molecule has 9 heteroatoms. The zero-order valence-corrected chi connectivity index (χ0v) is 19.0. The predicted octanol–water partition coefficient (Wildman–Crippen LogP) is 3.58. The fourth-order valence-electron chi connectivity index (χ4n) is 3.60. The van der Waals surface area contributed by atoms with E-state index in [0.29, 0.717) is 11.6 Å². The van der Waals surface area contributed by atoms with Crippen LogP contribution in [-0.4, -0.2) is 35.2 Å². The number of carbonyl (C=O) groups excluding carboxylic acids is 3. The molecule has 2 N–H and O–H groups in total. The van der Waals surface area contributed by atoms with Crippen molar-refractivity contribution in [2.24, 2.45) is 5.73 Å². The minimum Gasteiger partial charge on any atom is -0.326 e. The Kier molecular flexibility index (Phi) is 8.38. The lowest BCUT2D eigenvalue weighted by atomic mass is 10.1. The molecule has 0 saturated carbocycles. The smallest absolute Gasteiger partial charge is 0.256 e. The van der Waals surface area contributed by atoms with E-state index in [-0.39, 0.29) is 17.8 Å². The van der Waals surface area contributed by atoms with E-state index in [2.05, 4.69) is 0 Å². The maximum atomic E-state index is 13.7. The first-order valence-electron chi connectivity index (χ1n) is 10.8. The predicted molar refractivity (Wildman–Crippen MR) is 124 cm³/mol. The van der Waals surface area contributed by atoms with Gasteiger partial charge in [-0.05, 0) is 54.4 Å². The molecule has 0 spiro atoms. The summed E-state index contributed by atoms with van der Waals surface area (Å²) >= 11 is 0.